The Morgan fingerprint density at radius 2 is 1.86 bits per heavy atom. The van der Waals surface area contributed by atoms with Gasteiger partial charge in [0.2, 0.25) is 5.89 Å². The summed E-state index contributed by atoms with van der Waals surface area (Å²) >= 11 is 0. The zero-order chi connectivity index (χ0) is 15.9. The van der Waals surface area contributed by atoms with Gasteiger partial charge in [0.15, 0.2) is 5.58 Å². The molecule has 0 atom stereocenters. The topological polar surface area (TPSA) is 69.2 Å². The lowest BCUT2D eigenvalue weighted by atomic mass is 10.0. The molecule has 5 heteroatoms. The van der Waals surface area contributed by atoms with Gasteiger partial charge in [-0.15, -0.1) is 0 Å². The Hall–Kier alpha value is -2.69. The van der Waals surface area contributed by atoms with Crippen LogP contribution in [0.4, 0.5) is 5.69 Å². The van der Waals surface area contributed by atoms with Gasteiger partial charge < -0.3 is 4.42 Å². The Labute approximate surface area is 127 Å². The standard InChI is InChI=1S/C17H16N2O3/c1-10(2)12-4-6-13(7-5-12)17-18-15-9-14(19(20)21)8-11(3)16(15)22-17/h4-10H,1-3H3. The van der Waals surface area contributed by atoms with Crippen molar-refractivity contribution < 1.29 is 9.34 Å². The highest BCUT2D eigenvalue weighted by Gasteiger charge is 2.15. The number of aryl methyl sites for hydroxylation is 1. The number of oxazole rings is 1. The second-order valence-corrected chi connectivity index (χ2v) is 5.66. The van der Waals surface area contributed by atoms with E-state index in [0.717, 1.165) is 5.56 Å². The molecule has 2 aromatic carbocycles. The second-order valence-electron chi connectivity index (χ2n) is 5.66. The van der Waals surface area contributed by atoms with Crippen molar-refractivity contribution in [3.63, 3.8) is 0 Å². The van der Waals surface area contributed by atoms with Crippen LogP contribution in [0.5, 0.6) is 0 Å². The van der Waals surface area contributed by atoms with Crippen LogP contribution in [0.2, 0.25) is 0 Å². The fourth-order valence-corrected chi connectivity index (χ4v) is 2.42. The van der Waals surface area contributed by atoms with E-state index in [0.29, 0.717) is 28.5 Å². The van der Waals surface area contributed by atoms with Crippen LogP contribution < -0.4 is 0 Å². The maximum Gasteiger partial charge on any atom is 0.272 e. The molecule has 1 aromatic heterocycles. The molecule has 5 nitrogen and oxygen atoms in total. The lowest BCUT2D eigenvalue weighted by molar-refractivity contribution is -0.384. The van der Waals surface area contributed by atoms with Gasteiger partial charge in [-0.1, -0.05) is 26.0 Å². The SMILES string of the molecule is Cc1cc([N+](=O)[O-])cc2nc(-c3ccc(C(C)C)cc3)oc12. The van der Waals surface area contributed by atoms with E-state index in [9.17, 15) is 10.1 Å². The minimum atomic E-state index is -0.418. The highest BCUT2D eigenvalue weighted by Crippen LogP contribution is 2.30. The minimum absolute atomic E-state index is 0.0278. The molecule has 0 fully saturated rings. The smallest absolute Gasteiger partial charge is 0.272 e. The molecule has 0 unspecified atom stereocenters. The minimum Gasteiger partial charge on any atom is -0.436 e. The Bertz CT molecular complexity index is 848. The summed E-state index contributed by atoms with van der Waals surface area (Å²) in [6, 6.07) is 11.0. The first kappa shape index (κ1) is 14.3. The van der Waals surface area contributed by atoms with Crippen molar-refractivity contribution in [3.8, 4) is 11.5 Å². The van der Waals surface area contributed by atoms with Crippen LogP contribution in [-0.2, 0) is 0 Å². The van der Waals surface area contributed by atoms with Gasteiger partial charge in [0.1, 0.15) is 5.52 Å². The van der Waals surface area contributed by atoms with E-state index in [1.807, 2.05) is 24.3 Å². The monoisotopic (exact) mass is 296 g/mol. The molecule has 0 aliphatic heterocycles. The zero-order valence-electron chi connectivity index (χ0n) is 12.7. The van der Waals surface area contributed by atoms with Crippen LogP contribution in [0.1, 0.15) is 30.9 Å². The molecule has 3 aromatic rings. The van der Waals surface area contributed by atoms with E-state index in [2.05, 4.69) is 18.8 Å². The number of hydrogen-bond acceptors (Lipinski definition) is 4. The van der Waals surface area contributed by atoms with E-state index < -0.39 is 4.92 Å². The van der Waals surface area contributed by atoms with Crippen LogP contribution in [-0.4, -0.2) is 9.91 Å². The quantitative estimate of drug-likeness (QED) is 0.512. The van der Waals surface area contributed by atoms with Crippen LogP contribution in [0.15, 0.2) is 40.8 Å². The average Bonchev–Trinajstić information content (AvgIpc) is 2.92. The Kier molecular flexibility index (Phi) is 3.41. The summed E-state index contributed by atoms with van der Waals surface area (Å²) in [5.74, 6) is 0.941. The number of nitro groups is 1. The van der Waals surface area contributed by atoms with Crippen LogP contribution in [0, 0.1) is 17.0 Å². The maximum absolute atomic E-state index is 10.9. The predicted molar refractivity (Wildman–Crippen MR) is 84.9 cm³/mol. The third kappa shape index (κ3) is 2.45. The molecule has 0 bridgehead atoms. The van der Waals surface area contributed by atoms with Gasteiger partial charge in [-0.3, -0.25) is 10.1 Å². The molecular weight excluding hydrogens is 280 g/mol. The van der Waals surface area contributed by atoms with Gasteiger partial charge in [0, 0.05) is 23.3 Å². The third-order valence-corrected chi connectivity index (χ3v) is 3.70. The number of fused-ring (bicyclic) bond motifs is 1. The van der Waals surface area contributed by atoms with E-state index in [-0.39, 0.29) is 5.69 Å². The van der Waals surface area contributed by atoms with Crippen molar-refractivity contribution in [2.45, 2.75) is 26.7 Å². The summed E-state index contributed by atoms with van der Waals surface area (Å²) in [7, 11) is 0. The molecule has 3 rings (SSSR count). The van der Waals surface area contributed by atoms with Gasteiger partial charge in [-0.25, -0.2) is 4.98 Å². The number of benzene rings is 2. The predicted octanol–water partition coefficient (Wildman–Crippen LogP) is 4.83. The van der Waals surface area contributed by atoms with Crippen molar-refractivity contribution in [1.82, 2.24) is 4.98 Å². The molecule has 0 N–H and O–H groups in total. The van der Waals surface area contributed by atoms with Crippen LogP contribution in [0.3, 0.4) is 0 Å². The summed E-state index contributed by atoms with van der Waals surface area (Å²) in [6.07, 6.45) is 0. The third-order valence-electron chi connectivity index (χ3n) is 3.70. The first-order chi connectivity index (χ1) is 10.5. The molecule has 0 amide bonds. The molecule has 112 valence electrons. The fraction of sp³-hybridized carbons (Fsp3) is 0.235. The highest BCUT2D eigenvalue weighted by atomic mass is 16.6. The summed E-state index contributed by atoms with van der Waals surface area (Å²) in [6.45, 7) is 6.06. The van der Waals surface area contributed by atoms with Gasteiger partial charge in [-0.2, -0.15) is 0 Å². The lowest BCUT2D eigenvalue weighted by Gasteiger charge is -2.04. The van der Waals surface area contributed by atoms with E-state index >= 15 is 0 Å². The van der Waals surface area contributed by atoms with E-state index in [1.54, 1.807) is 6.92 Å². The molecule has 0 saturated heterocycles. The van der Waals surface area contributed by atoms with Crippen LogP contribution >= 0.6 is 0 Å². The summed E-state index contributed by atoms with van der Waals surface area (Å²) < 4.78 is 5.79. The molecule has 1 heterocycles. The fourth-order valence-electron chi connectivity index (χ4n) is 2.42. The maximum atomic E-state index is 10.9. The number of nitro benzene ring substituents is 1. The molecule has 0 saturated carbocycles. The van der Waals surface area contributed by atoms with Gasteiger partial charge >= 0.3 is 0 Å². The van der Waals surface area contributed by atoms with Crippen molar-refractivity contribution in [3.05, 3.63) is 57.6 Å². The number of rotatable bonds is 3. The number of aromatic nitrogens is 1. The van der Waals surface area contributed by atoms with Crippen molar-refractivity contribution in [1.29, 1.82) is 0 Å². The van der Waals surface area contributed by atoms with E-state index in [1.165, 1.54) is 17.7 Å². The largest absolute Gasteiger partial charge is 0.436 e. The molecule has 22 heavy (non-hydrogen) atoms. The van der Waals surface area contributed by atoms with E-state index in [4.69, 9.17) is 4.42 Å². The lowest BCUT2D eigenvalue weighted by Crippen LogP contribution is -1.88. The zero-order valence-corrected chi connectivity index (χ0v) is 12.7. The number of hydrogen-bond donors (Lipinski definition) is 0. The number of nitrogens with zero attached hydrogens (tertiary/aromatic N) is 2. The Balaban J connectivity index is 2.08. The molecule has 0 aliphatic rings. The highest BCUT2D eigenvalue weighted by molar-refractivity contribution is 5.81. The van der Waals surface area contributed by atoms with Crippen molar-refractivity contribution in [2.24, 2.45) is 0 Å². The molecule has 0 aliphatic carbocycles. The van der Waals surface area contributed by atoms with Gasteiger partial charge in [0.25, 0.3) is 5.69 Å². The normalized spacial score (nSPS) is 11.3. The number of non-ortho nitro benzene ring substituents is 1. The van der Waals surface area contributed by atoms with Gasteiger partial charge in [-0.05, 0) is 30.5 Å². The Morgan fingerprint density at radius 1 is 1.18 bits per heavy atom. The van der Waals surface area contributed by atoms with Crippen molar-refractivity contribution in [2.75, 3.05) is 0 Å². The Morgan fingerprint density at radius 3 is 2.45 bits per heavy atom. The summed E-state index contributed by atoms with van der Waals surface area (Å²) in [5, 5.41) is 10.9. The molecular formula is C17H16N2O3. The van der Waals surface area contributed by atoms with Gasteiger partial charge in [0.05, 0.1) is 4.92 Å². The molecule has 0 radical (unpaired) electrons. The van der Waals surface area contributed by atoms with Crippen LogP contribution in [0.25, 0.3) is 22.6 Å². The summed E-state index contributed by atoms with van der Waals surface area (Å²) in [4.78, 5) is 14.9. The summed E-state index contributed by atoms with van der Waals surface area (Å²) in [5.41, 5.74) is 3.94. The average molecular weight is 296 g/mol. The first-order valence-corrected chi connectivity index (χ1v) is 7.11. The first-order valence-electron chi connectivity index (χ1n) is 7.11. The second kappa shape index (κ2) is 5.26. The van der Waals surface area contributed by atoms with Crippen molar-refractivity contribution >= 4 is 16.8 Å². The molecule has 0 spiro atoms.